The van der Waals surface area contributed by atoms with Gasteiger partial charge in [0.2, 0.25) is 5.43 Å². The van der Waals surface area contributed by atoms with Crippen LogP contribution in [-0.4, -0.2) is 77.6 Å². The first-order chi connectivity index (χ1) is 15.0. The van der Waals surface area contributed by atoms with Gasteiger partial charge in [-0.15, -0.1) is 0 Å². The largest absolute Gasteiger partial charge is 0.547 e. The number of pyridine rings is 1. The maximum Gasteiger partial charge on any atom is 0.341 e. The van der Waals surface area contributed by atoms with E-state index < -0.39 is 52.7 Å². The number of aryl methyl sites for hydroxylation is 1. The van der Waals surface area contributed by atoms with Crippen LogP contribution < -0.4 is 15.4 Å². The number of carbonyl (C=O) groups excluding carboxylic acids is 1. The monoisotopic (exact) mass is 458 g/mol. The predicted molar refractivity (Wildman–Crippen MR) is 107 cm³/mol. The number of piperazine rings is 1. The number of aromatic nitrogens is 1. The van der Waals surface area contributed by atoms with E-state index in [-0.39, 0.29) is 17.7 Å². The number of nitrogens with zero attached hydrogens (tertiary/aromatic N) is 3. The highest BCUT2D eigenvalue weighted by molar-refractivity contribution is 5.93. The van der Waals surface area contributed by atoms with Crippen LogP contribution in [0.1, 0.15) is 17.3 Å². The molecule has 1 aliphatic rings. The topological polar surface area (TPSA) is 126 Å². The fraction of sp³-hybridized carbons (Fsp3) is 0.450. The third kappa shape index (κ3) is 5.37. The normalized spacial score (nSPS) is 15.2. The van der Waals surface area contributed by atoms with Crippen LogP contribution in [0, 0.1) is 11.6 Å². The average molecular weight is 458 g/mol. The number of aliphatic hydroxyl groups is 1. The number of carboxylic acid groups (broad SMARTS) is 2. The van der Waals surface area contributed by atoms with Gasteiger partial charge in [0, 0.05) is 32.4 Å². The van der Waals surface area contributed by atoms with Crippen LogP contribution in [0.2, 0.25) is 0 Å². The summed E-state index contributed by atoms with van der Waals surface area (Å²) in [5.74, 6) is -4.89. The van der Waals surface area contributed by atoms with Crippen molar-refractivity contribution in [3.05, 3.63) is 39.7 Å². The minimum absolute atomic E-state index is 0.277. The van der Waals surface area contributed by atoms with Gasteiger partial charge in [-0.2, -0.15) is 0 Å². The number of anilines is 1. The molecule has 1 aromatic carbocycles. The molecule has 1 unspecified atom stereocenters. The molecule has 2 heterocycles. The average Bonchev–Trinajstić information content (AvgIpc) is 2.71. The van der Waals surface area contributed by atoms with Gasteiger partial charge < -0.3 is 34.5 Å². The smallest absolute Gasteiger partial charge is 0.341 e. The summed E-state index contributed by atoms with van der Waals surface area (Å²) >= 11 is 0. The maximum absolute atomic E-state index is 15.2. The van der Waals surface area contributed by atoms with Crippen LogP contribution >= 0.6 is 0 Å². The molecule has 2 N–H and O–H groups in total. The molecule has 1 aliphatic heterocycles. The molecule has 0 spiro atoms. The van der Waals surface area contributed by atoms with E-state index in [0.29, 0.717) is 26.2 Å². The van der Waals surface area contributed by atoms with Crippen LogP contribution in [0.4, 0.5) is 18.9 Å². The number of hydrogen-bond acceptors (Lipinski definition) is 7. The van der Waals surface area contributed by atoms with Gasteiger partial charge in [0.1, 0.15) is 23.7 Å². The standard InChI is InChI=1S/C17H18F3N3O3.C3H6O3/c1-21-4-6-22(7-5-21)15-12(19)8-10-14(13(15)20)23(3-2-18)9-11(16(10)24)17(25)26;1-2(4)3(5)6/h8-9H,2-7H2,1H3,(H,25,26);2,4H,1H3,(H,5,6)/p-1. The number of aliphatic hydroxyl groups excluding tert-OH is 1. The Morgan fingerprint density at radius 2 is 1.78 bits per heavy atom. The van der Waals surface area contributed by atoms with Crippen LogP contribution in [0.15, 0.2) is 17.1 Å². The molecular formula is C20H23F3N3O6-. The second kappa shape index (κ2) is 10.5. The van der Waals surface area contributed by atoms with Crippen molar-refractivity contribution in [2.24, 2.45) is 0 Å². The quantitative estimate of drug-likeness (QED) is 0.632. The fourth-order valence-electron chi connectivity index (χ4n) is 3.22. The van der Waals surface area contributed by atoms with E-state index >= 15 is 4.39 Å². The molecule has 1 fully saturated rings. The van der Waals surface area contributed by atoms with Crippen molar-refractivity contribution in [3.63, 3.8) is 0 Å². The second-order valence-electron chi connectivity index (χ2n) is 7.26. The number of hydrogen-bond donors (Lipinski definition) is 2. The van der Waals surface area contributed by atoms with Crippen LogP contribution in [0.25, 0.3) is 10.9 Å². The summed E-state index contributed by atoms with van der Waals surface area (Å²) in [6, 6.07) is 0.843. The first-order valence-corrected chi connectivity index (χ1v) is 9.66. The number of alkyl halides is 1. The lowest BCUT2D eigenvalue weighted by atomic mass is 10.1. The van der Waals surface area contributed by atoms with Gasteiger partial charge in [0.15, 0.2) is 5.82 Å². The highest BCUT2D eigenvalue weighted by atomic mass is 19.1. The summed E-state index contributed by atoms with van der Waals surface area (Å²) < 4.78 is 43.7. The molecule has 0 amide bonds. The Labute approximate surface area is 180 Å². The van der Waals surface area contributed by atoms with Gasteiger partial charge in [-0.1, -0.05) is 0 Å². The highest BCUT2D eigenvalue weighted by Crippen LogP contribution is 2.30. The number of benzene rings is 1. The Balaban J connectivity index is 0.000000534. The molecule has 12 heteroatoms. The Morgan fingerprint density at radius 1 is 1.22 bits per heavy atom. The summed E-state index contributed by atoms with van der Waals surface area (Å²) in [6.07, 6.45) is -0.438. The van der Waals surface area contributed by atoms with Gasteiger partial charge in [-0.3, -0.25) is 4.79 Å². The zero-order chi connectivity index (χ0) is 24.2. The third-order valence-electron chi connectivity index (χ3n) is 4.95. The lowest BCUT2D eigenvalue weighted by Crippen LogP contribution is -2.45. The number of carbonyl (C=O) groups is 2. The van der Waals surface area contributed by atoms with E-state index in [1.165, 1.54) is 0 Å². The molecular weight excluding hydrogens is 435 g/mol. The number of fused-ring (bicyclic) bond motifs is 1. The molecule has 9 nitrogen and oxygen atoms in total. The summed E-state index contributed by atoms with van der Waals surface area (Å²) in [5, 5.41) is 26.0. The van der Waals surface area contributed by atoms with Gasteiger partial charge in [-0.25, -0.2) is 18.0 Å². The zero-order valence-electron chi connectivity index (χ0n) is 17.5. The van der Waals surface area contributed by atoms with E-state index in [1.54, 1.807) is 4.90 Å². The van der Waals surface area contributed by atoms with Gasteiger partial charge in [0.25, 0.3) is 0 Å². The van der Waals surface area contributed by atoms with E-state index in [9.17, 15) is 28.3 Å². The molecule has 1 aromatic heterocycles. The molecule has 32 heavy (non-hydrogen) atoms. The Kier molecular flexibility index (Phi) is 8.22. The van der Waals surface area contributed by atoms with Crippen LogP contribution in [0.3, 0.4) is 0 Å². The Hall–Kier alpha value is -3.12. The predicted octanol–water partition coefficient (Wildman–Crippen LogP) is -0.184. The number of halogens is 3. The highest BCUT2D eigenvalue weighted by Gasteiger charge is 2.26. The summed E-state index contributed by atoms with van der Waals surface area (Å²) in [7, 11) is 1.90. The lowest BCUT2D eigenvalue weighted by Gasteiger charge is -2.34. The molecule has 0 bridgehead atoms. The van der Waals surface area contributed by atoms with Crippen molar-refractivity contribution in [1.29, 1.82) is 0 Å². The van der Waals surface area contributed by atoms with Crippen molar-refractivity contribution in [2.45, 2.75) is 19.6 Å². The van der Waals surface area contributed by atoms with Gasteiger partial charge >= 0.3 is 5.97 Å². The SMILES string of the molecule is CC(O)C(=O)[O-].CN1CCN(c2c(F)cc3c(=O)c(C(=O)O)cn(CCF)c3c2F)CC1. The molecule has 0 saturated carbocycles. The number of aliphatic carboxylic acids is 1. The van der Waals surface area contributed by atoms with Gasteiger partial charge in [0.05, 0.1) is 29.5 Å². The lowest BCUT2D eigenvalue weighted by molar-refractivity contribution is -0.314. The van der Waals surface area contributed by atoms with Crippen LogP contribution in [0.5, 0.6) is 0 Å². The van der Waals surface area contributed by atoms with E-state index in [4.69, 9.17) is 10.2 Å². The third-order valence-corrected chi connectivity index (χ3v) is 4.95. The molecule has 176 valence electrons. The van der Waals surface area contributed by atoms with Crippen molar-refractivity contribution < 1.29 is 38.1 Å². The van der Waals surface area contributed by atoms with Crippen molar-refractivity contribution in [2.75, 3.05) is 44.8 Å². The Bertz CT molecular complexity index is 1060. The van der Waals surface area contributed by atoms with Crippen molar-refractivity contribution >= 4 is 28.5 Å². The zero-order valence-corrected chi connectivity index (χ0v) is 17.5. The van der Waals surface area contributed by atoms with Gasteiger partial charge in [-0.05, 0) is 20.0 Å². The minimum Gasteiger partial charge on any atom is -0.547 e. The first kappa shape index (κ1) is 25.1. The summed E-state index contributed by atoms with van der Waals surface area (Å²) in [5.41, 5.74) is -2.21. The number of carboxylic acids is 2. The molecule has 0 aliphatic carbocycles. The molecule has 3 rings (SSSR count). The molecule has 2 aromatic rings. The first-order valence-electron chi connectivity index (χ1n) is 9.66. The molecule has 0 radical (unpaired) electrons. The number of rotatable bonds is 5. The number of aromatic carboxylic acids is 1. The van der Waals surface area contributed by atoms with Crippen molar-refractivity contribution in [1.82, 2.24) is 9.47 Å². The Morgan fingerprint density at radius 3 is 2.25 bits per heavy atom. The molecule has 1 atom stereocenters. The number of likely N-dealkylation sites (N-methyl/N-ethyl adjacent to an activating group) is 1. The van der Waals surface area contributed by atoms with Crippen molar-refractivity contribution in [3.8, 4) is 0 Å². The van der Waals surface area contributed by atoms with Crippen LogP contribution in [-0.2, 0) is 11.3 Å². The summed E-state index contributed by atoms with van der Waals surface area (Å²) in [6.45, 7) is 1.93. The summed E-state index contributed by atoms with van der Waals surface area (Å²) in [4.78, 5) is 36.4. The van der Waals surface area contributed by atoms with E-state index in [0.717, 1.165) is 23.8 Å². The van der Waals surface area contributed by atoms with E-state index in [2.05, 4.69) is 0 Å². The minimum atomic E-state index is -1.53. The second-order valence-corrected chi connectivity index (χ2v) is 7.26. The molecule has 1 saturated heterocycles. The van der Waals surface area contributed by atoms with E-state index in [1.807, 2.05) is 11.9 Å². The fourth-order valence-corrected chi connectivity index (χ4v) is 3.22. The maximum atomic E-state index is 15.2.